The van der Waals surface area contributed by atoms with E-state index in [0.29, 0.717) is 19.3 Å². The van der Waals surface area contributed by atoms with Gasteiger partial charge in [-0.05, 0) is 116 Å². The van der Waals surface area contributed by atoms with Crippen LogP contribution < -0.4 is 0 Å². The number of rotatable bonds is 51. The standard InChI is InChI=1S/C60H101O11P/c1-4-7-10-13-16-19-22-25-26-27-28-29-30-33-36-39-42-45-48-51-60(64)71-57(53-67-58(62)49-46-43-40-37-34-31-23-20-17-14-11-8-5-2)55-69-72(65,66)68-54-56(52-61)70-59(63)50-47-44-41-38-35-32-24-21-18-15-12-9-6-3/h7-8,10-11,16-17,19-21,24-26,28-29,31,34,56-57,61H,4-6,9,12-15,18,22-23,27,30,32-33,35-55H2,1-3H3,(H,65,66)/b10-7-,11-8-,19-16-,20-17-,24-21-,26-25-,29-28-,34-31-. The molecule has 0 saturated carbocycles. The average Bonchev–Trinajstić information content (AvgIpc) is 3.37. The van der Waals surface area contributed by atoms with Crippen molar-refractivity contribution < 1.29 is 52.2 Å². The van der Waals surface area contributed by atoms with Crippen molar-refractivity contribution in [3.63, 3.8) is 0 Å². The Balaban J connectivity index is 4.79. The molecule has 11 nitrogen and oxygen atoms in total. The Hall–Kier alpha value is -3.60. The minimum Gasteiger partial charge on any atom is -0.462 e. The summed E-state index contributed by atoms with van der Waals surface area (Å²) < 4.78 is 39.4. The number of allylic oxidation sites excluding steroid dienone is 16. The highest BCUT2D eigenvalue weighted by atomic mass is 31.2. The summed E-state index contributed by atoms with van der Waals surface area (Å²) >= 11 is 0. The second kappa shape index (κ2) is 53.7. The number of carbonyl (C=O) groups is 3. The van der Waals surface area contributed by atoms with Crippen LogP contribution in [0, 0.1) is 0 Å². The fourth-order valence-corrected chi connectivity index (χ4v) is 8.02. The van der Waals surface area contributed by atoms with Crippen molar-refractivity contribution in [3.05, 3.63) is 97.2 Å². The summed E-state index contributed by atoms with van der Waals surface area (Å²) in [5.41, 5.74) is 0. The SMILES string of the molecule is CC/C=C\C/C=C\C/C=C\C/C=C\CCCCCCCCC(=O)OC(COC(=O)CCCCC/C=C\C/C=C\C/C=C\CC)COP(=O)(O)OCC(CO)OC(=O)CCCCCCC/C=C\CCCCCC. The summed E-state index contributed by atoms with van der Waals surface area (Å²) in [5, 5.41) is 9.80. The van der Waals surface area contributed by atoms with Gasteiger partial charge in [0.2, 0.25) is 0 Å². The second-order valence-electron chi connectivity index (χ2n) is 18.3. The van der Waals surface area contributed by atoms with Crippen LogP contribution in [0.3, 0.4) is 0 Å². The van der Waals surface area contributed by atoms with Gasteiger partial charge in [-0.3, -0.25) is 23.4 Å². The number of aliphatic hydroxyl groups is 1. The smallest absolute Gasteiger partial charge is 0.462 e. The molecule has 0 aliphatic rings. The number of carbonyl (C=O) groups excluding carboxylic acids is 3. The highest BCUT2D eigenvalue weighted by molar-refractivity contribution is 7.47. The normalized spacial score (nSPS) is 14.1. The monoisotopic (exact) mass is 1030 g/mol. The lowest BCUT2D eigenvalue weighted by atomic mass is 10.1. The molecule has 0 aliphatic carbocycles. The van der Waals surface area contributed by atoms with Crippen LogP contribution in [0.5, 0.6) is 0 Å². The van der Waals surface area contributed by atoms with Gasteiger partial charge in [0.15, 0.2) is 6.10 Å². The number of phosphoric acid groups is 1. The van der Waals surface area contributed by atoms with E-state index in [1.165, 1.54) is 25.7 Å². The molecule has 0 aliphatic heterocycles. The molecule has 0 saturated heterocycles. The van der Waals surface area contributed by atoms with E-state index in [-0.39, 0.29) is 25.9 Å². The number of phosphoric ester groups is 1. The molecule has 412 valence electrons. The molecule has 12 heteroatoms. The van der Waals surface area contributed by atoms with E-state index >= 15 is 0 Å². The lowest BCUT2D eigenvalue weighted by Crippen LogP contribution is -2.30. The van der Waals surface area contributed by atoms with E-state index in [0.717, 1.165) is 141 Å². The van der Waals surface area contributed by atoms with Crippen molar-refractivity contribution in [2.24, 2.45) is 0 Å². The van der Waals surface area contributed by atoms with Crippen LogP contribution in [0.4, 0.5) is 0 Å². The van der Waals surface area contributed by atoms with Crippen molar-refractivity contribution in [3.8, 4) is 0 Å². The maximum Gasteiger partial charge on any atom is 0.472 e. The molecule has 0 rings (SSSR count). The van der Waals surface area contributed by atoms with Crippen LogP contribution >= 0.6 is 7.82 Å². The summed E-state index contributed by atoms with van der Waals surface area (Å²) in [7, 11) is -4.76. The van der Waals surface area contributed by atoms with Crippen LogP contribution in [0.1, 0.15) is 226 Å². The van der Waals surface area contributed by atoms with Gasteiger partial charge < -0.3 is 24.2 Å². The Kier molecular flexibility index (Phi) is 51.0. The van der Waals surface area contributed by atoms with Crippen molar-refractivity contribution >= 4 is 25.7 Å². The van der Waals surface area contributed by atoms with Crippen molar-refractivity contribution in [2.75, 3.05) is 26.4 Å². The third kappa shape index (κ3) is 51.3. The highest BCUT2D eigenvalue weighted by Gasteiger charge is 2.28. The minimum atomic E-state index is -4.76. The molecule has 0 amide bonds. The number of esters is 3. The van der Waals surface area contributed by atoms with Crippen LogP contribution in [-0.4, -0.2) is 66.5 Å². The Labute approximate surface area is 438 Å². The number of hydrogen-bond donors (Lipinski definition) is 2. The van der Waals surface area contributed by atoms with E-state index in [2.05, 4.69) is 118 Å². The van der Waals surface area contributed by atoms with Gasteiger partial charge in [0, 0.05) is 19.3 Å². The Bertz CT molecular complexity index is 1580. The van der Waals surface area contributed by atoms with Crippen LogP contribution in [0.2, 0.25) is 0 Å². The first-order valence-corrected chi connectivity index (χ1v) is 29.6. The molecule has 72 heavy (non-hydrogen) atoms. The number of hydrogen-bond acceptors (Lipinski definition) is 10. The molecule has 0 heterocycles. The van der Waals surface area contributed by atoms with E-state index in [9.17, 15) is 28.9 Å². The van der Waals surface area contributed by atoms with Gasteiger partial charge in [0.1, 0.15) is 12.7 Å². The number of unbranched alkanes of at least 4 members (excludes halogenated alkanes) is 18. The third-order valence-corrected chi connectivity index (χ3v) is 12.4. The van der Waals surface area contributed by atoms with E-state index in [4.69, 9.17) is 23.3 Å². The molecule has 2 N–H and O–H groups in total. The van der Waals surface area contributed by atoms with Gasteiger partial charge in [-0.25, -0.2) is 4.57 Å². The lowest BCUT2D eigenvalue weighted by Gasteiger charge is -2.21. The quantitative estimate of drug-likeness (QED) is 0.0197. The Morgan fingerprint density at radius 2 is 0.722 bits per heavy atom. The molecule has 0 bridgehead atoms. The summed E-state index contributed by atoms with van der Waals surface area (Å²) in [6.07, 6.45) is 62.3. The Morgan fingerprint density at radius 1 is 0.403 bits per heavy atom. The maximum atomic E-state index is 12.9. The predicted molar refractivity (Wildman–Crippen MR) is 297 cm³/mol. The lowest BCUT2D eigenvalue weighted by molar-refractivity contribution is -0.161. The van der Waals surface area contributed by atoms with Gasteiger partial charge in [-0.1, -0.05) is 189 Å². The fourth-order valence-electron chi connectivity index (χ4n) is 7.24. The summed E-state index contributed by atoms with van der Waals surface area (Å²) in [5.74, 6) is -1.53. The van der Waals surface area contributed by atoms with Gasteiger partial charge in [-0.15, -0.1) is 0 Å². The maximum absolute atomic E-state index is 12.9. The summed E-state index contributed by atoms with van der Waals surface area (Å²) in [4.78, 5) is 48.5. The van der Waals surface area contributed by atoms with Crippen LogP contribution in [0.15, 0.2) is 97.2 Å². The van der Waals surface area contributed by atoms with Gasteiger partial charge in [-0.2, -0.15) is 0 Å². The zero-order valence-electron chi connectivity index (χ0n) is 45.4. The van der Waals surface area contributed by atoms with Gasteiger partial charge in [0.05, 0.1) is 19.8 Å². The first-order chi connectivity index (χ1) is 35.2. The van der Waals surface area contributed by atoms with E-state index in [1.807, 2.05) is 0 Å². The molecular weight excluding hydrogens is 928 g/mol. The topological polar surface area (TPSA) is 155 Å². The zero-order chi connectivity index (χ0) is 52.7. The number of ether oxygens (including phenoxy) is 3. The van der Waals surface area contributed by atoms with Gasteiger partial charge in [0.25, 0.3) is 0 Å². The number of aliphatic hydroxyl groups excluding tert-OH is 1. The molecule has 3 unspecified atom stereocenters. The molecule has 0 fully saturated rings. The zero-order valence-corrected chi connectivity index (χ0v) is 46.3. The fraction of sp³-hybridized carbons (Fsp3) is 0.683. The first kappa shape index (κ1) is 68.4. The van der Waals surface area contributed by atoms with Gasteiger partial charge >= 0.3 is 25.7 Å². The van der Waals surface area contributed by atoms with E-state index in [1.54, 1.807) is 0 Å². The molecule has 0 aromatic rings. The van der Waals surface area contributed by atoms with Crippen molar-refractivity contribution in [1.82, 2.24) is 0 Å². The second-order valence-corrected chi connectivity index (χ2v) is 19.8. The molecule has 0 aromatic carbocycles. The molecular formula is C60H101O11P. The largest absolute Gasteiger partial charge is 0.472 e. The van der Waals surface area contributed by atoms with E-state index < -0.39 is 57.8 Å². The Morgan fingerprint density at radius 3 is 1.14 bits per heavy atom. The average molecular weight is 1030 g/mol. The van der Waals surface area contributed by atoms with Crippen LogP contribution in [0.25, 0.3) is 0 Å². The molecule has 3 atom stereocenters. The predicted octanol–water partition coefficient (Wildman–Crippen LogP) is 16.5. The highest BCUT2D eigenvalue weighted by Crippen LogP contribution is 2.43. The van der Waals surface area contributed by atoms with Crippen molar-refractivity contribution in [2.45, 2.75) is 238 Å². The molecule has 0 spiro atoms. The first-order valence-electron chi connectivity index (χ1n) is 28.1. The minimum absolute atomic E-state index is 0.140. The molecule has 0 aromatic heterocycles. The van der Waals surface area contributed by atoms with Crippen LogP contribution in [-0.2, 0) is 42.2 Å². The summed E-state index contributed by atoms with van der Waals surface area (Å²) in [6.45, 7) is 4.33. The summed E-state index contributed by atoms with van der Waals surface area (Å²) in [6, 6.07) is 0. The van der Waals surface area contributed by atoms with Crippen molar-refractivity contribution in [1.29, 1.82) is 0 Å². The third-order valence-electron chi connectivity index (χ3n) is 11.5. The molecule has 0 radical (unpaired) electrons.